The smallest absolute Gasteiger partial charge is 0.300 e. The minimum Gasteiger partial charge on any atom is -0.481 e. The zero-order chi connectivity index (χ0) is 79.9. The summed E-state index contributed by atoms with van der Waals surface area (Å²) in [6, 6.07) is 78.0. The summed E-state index contributed by atoms with van der Waals surface area (Å²) in [7, 11) is -18.5. The Morgan fingerprint density at radius 1 is 0.291 bits per heavy atom. The van der Waals surface area contributed by atoms with Crippen LogP contribution in [0.1, 0.15) is 117 Å². The van der Waals surface area contributed by atoms with Gasteiger partial charge in [0.2, 0.25) is 0 Å². The zero-order valence-electron chi connectivity index (χ0n) is 59.1. The maximum absolute atomic E-state index is 10.4. The molecule has 1 aliphatic rings. The van der Waals surface area contributed by atoms with Crippen LogP contribution in [0.5, 0.6) is 0 Å². The average Bonchev–Trinajstić information content (AvgIpc) is 0.892. The number of fused-ring (bicyclic) bond motifs is 1. The van der Waals surface area contributed by atoms with Crippen LogP contribution in [-0.2, 0) is 93.2 Å². The first-order valence-electron chi connectivity index (χ1n) is 31.2. The van der Waals surface area contributed by atoms with Gasteiger partial charge in [-0.1, -0.05) is 263 Å². The van der Waals surface area contributed by atoms with Gasteiger partial charge in [0.1, 0.15) is 5.75 Å². The van der Waals surface area contributed by atoms with E-state index in [0.29, 0.717) is 5.56 Å². The Hall–Kier alpha value is -9.08. The van der Waals surface area contributed by atoms with E-state index < -0.39 is 80.4 Å². The number of carboxylic acid groups (broad SMARTS) is 5. The van der Waals surface area contributed by atoms with Gasteiger partial charge in [-0.25, -0.2) is 0 Å². The molecule has 572 valence electrons. The molecule has 0 heterocycles. The van der Waals surface area contributed by atoms with Crippen LogP contribution in [-0.4, -0.2) is 143 Å². The zero-order valence-corrected chi connectivity index (χ0v) is 63.2. The van der Waals surface area contributed by atoms with Gasteiger partial charge in [-0.2, -0.15) is 42.1 Å². The number of carboxylic acids is 5. The lowest BCUT2D eigenvalue weighted by molar-refractivity contribution is -0.135. The van der Waals surface area contributed by atoms with E-state index in [4.69, 9.17) is 72.3 Å². The second-order valence-electron chi connectivity index (χ2n) is 20.7. The van der Waals surface area contributed by atoms with E-state index >= 15 is 0 Å². The number of hydrogen-bond acceptors (Lipinski definition) is 15. The lowest BCUT2D eigenvalue weighted by Gasteiger charge is -2.21. The summed E-state index contributed by atoms with van der Waals surface area (Å²) < 4.78 is 137. The summed E-state index contributed by atoms with van der Waals surface area (Å²) >= 11 is 0. The van der Waals surface area contributed by atoms with Crippen LogP contribution in [0.2, 0.25) is 0 Å². The molecule has 30 heteroatoms. The second kappa shape index (κ2) is 61.6. The predicted octanol–water partition coefficient (Wildman–Crippen LogP) is 14.4. The fourth-order valence-electron chi connectivity index (χ4n) is 6.95. The van der Waals surface area contributed by atoms with E-state index in [1.54, 1.807) is 30.3 Å². The van der Waals surface area contributed by atoms with Gasteiger partial charge in [0.15, 0.2) is 0 Å². The van der Waals surface area contributed by atoms with Crippen molar-refractivity contribution in [1.29, 1.82) is 0 Å². The third-order valence-electron chi connectivity index (χ3n) is 11.4. The molecular formula is C73H100O25S5. The van der Waals surface area contributed by atoms with Crippen molar-refractivity contribution in [2.24, 2.45) is 5.92 Å². The number of benzene rings is 8. The van der Waals surface area contributed by atoms with E-state index in [2.05, 4.69) is 188 Å². The van der Waals surface area contributed by atoms with Crippen LogP contribution in [0.4, 0.5) is 0 Å². The van der Waals surface area contributed by atoms with Crippen LogP contribution in [0.3, 0.4) is 0 Å². The maximum Gasteiger partial charge on any atom is 0.300 e. The molecule has 10 N–H and O–H groups in total. The molecule has 0 atom stereocenters. The maximum atomic E-state index is 10.4. The molecule has 25 nitrogen and oxygen atoms in total. The van der Waals surface area contributed by atoms with Gasteiger partial charge in [-0.05, 0) is 90.6 Å². The van der Waals surface area contributed by atoms with Gasteiger partial charge in [0.05, 0.1) is 23.0 Å². The predicted molar refractivity (Wildman–Crippen MR) is 405 cm³/mol. The molecule has 0 aromatic heterocycles. The largest absolute Gasteiger partial charge is 0.481 e. The molecule has 8 aromatic rings. The lowest BCUT2D eigenvalue weighted by atomic mass is 9.85. The molecule has 9 rings (SSSR count). The Morgan fingerprint density at radius 2 is 0.476 bits per heavy atom. The van der Waals surface area contributed by atoms with Gasteiger partial charge in [0, 0.05) is 34.6 Å². The van der Waals surface area contributed by atoms with Crippen molar-refractivity contribution >= 4 is 91.2 Å². The quantitative estimate of drug-likeness (QED) is 0.0538. The van der Waals surface area contributed by atoms with Gasteiger partial charge in [-0.15, -0.1) is 0 Å². The van der Waals surface area contributed by atoms with E-state index in [1.165, 1.54) is 105 Å². The number of hydrogen-bond donors (Lipinski definition) is 10. The standard InChI is InChI=1S/C13H18.C13H12.C12H10.C10H8.C7H8O3S.4C2H6O3S.5C2H4O2/c2*1-3-7-12(8-4-1)11-13-9-5-2-6-10-13;1-3-7-11(8-4-1)12-9-5-2-6-10-12;1-2-6-10-8-4-3-7-9(10)5-1;8-11(9,10)6-7-4-2-1-3-5-7;4*1-2-6(3,4)5;5*1-2(3)4/h1,3-4,7-8,13H,2,5-6,9-11H2;1-10H,11H2;1-10H;1-8H;1-5H,6H2,(H,8,9,10);4*2H2,1H3,(H,3,4,5);5*1H3,(H,3,4). The first-order valence-corrected chi connectivity index (χ1v) is 39.3. The van der Waals surface area contributed by atoms with E-state index in [-0.39, 0.29) is 28.8 Å². The molecule has 0 bridgehead atoms. The van der Waals surface area contributed by atoms with Crippen LogP contribution in [0.15, 0.2) is 231 Å². The van der Waals surface area contributed by atoms with Crippen molar-refractivity contribution in [2.75, 3.05) is 23.0 Å². The molecule has 1 fully saturated rings. The Morgan fingerprint density at radius 3 is 0.680 bits per heavy atom. The topological polar surface area (TPSA) is 458 Å². The van der Waals surface area contributed by atoms with Crippen molar-refractivity contribution in [3.8, 4) is 11.1 Å². The van der Waals surface area contributed by atoms with Gasteiger partial charge in [-0.3, -0.25) is 46.7 Å². The minimum atomic E-state index is -3.88. The van der Waals surface area contributed by atoms with Crippen molar-refractivity contribution in [3.05, 3.63) is 253 Å². The van der Waals surface area contributed by atoms with Gasteiger partial charge >= 0.3 is 0 Å². The normalized spacial score (nSPS) is 10.9. The third kappa shape index (κ3) is 87.1. The molecule has 0 radical (unpaired) electrons. The Labute approximate surface area is 607 Å². The van der Waals surface area contributed by atoms with Crippen LogP contribution in [0.25, 0.3) is 21.9 Å². The Balaban J connectivity index is -0.000000343. The second-order valence-corrected chi connectivity index (χ2v) is 29.1. The monoisotopic (exact) mass is 1540 g/mol. The Kier molecular flexibility index (Phi) is 61.3. The summed E-state index contributed by atoms with van der Waals surface area (Å²) in [5, 5.41) is 39.7. The van der Waals surface area contributed by atoms with Crippen LogP contribution >= 0.6 is 0 Å². The summed E-state index contributed by atoms with van der Waals surface area (Å²) in [6.07, 6.45) is 9.62. The van der Waals surface area contributed by atoms with Crippen molar-refractivity contribution in [1.82, 2.24) is 0 Å². The van der Waals surface area contributed by atoms with Crippen LogP contribution < -0.4 is 0 Å². The summed E-state index contributed by atoms with van der Waals surface area (Å²) in [5.41, 5.74) is 7.41. The van der Waals surface area contributed by atoms with Crippen LogP contribution in [0, 0.1) is 5.92 Å². The van der Waals surface area contributed by atoms with Gasteiger partial charge < -0.3 is 25.5 Å². The Bertz CT molecular complexity index is 3720. The molecule has 8 aromatic carbocycles. The fraction of sp³-hybridized carbons (Fsp3) is 0.301. The number of carbonyl (C=O) groups is 5. The van der Waals surface area contributed by atoms with Gasteiger partial charge in [0.25, 0.3) is 80.4 Å². The molecule has 0 amide bonds. The van der Waals surface area contributed by atoms with Crippen molar-refractivity contribution in [3.63, 3.8) is 0 Å². The SMILES string of the molecule is CC(=O)O.CC(=O)O.CC(=O)O.CC(=O)O.CC(=O)O.CCS(=O)(=O)O.CCS(=O)(=O)O.CCS(=O)(=O)O.CCS(=O)(=O)O.O=S(=O)(O)Cc1ccccc1.c1ccc(-c2ccccc2)cc1.c1ccc(CC2CCCCC2)cc1.c1ccc(Cc2ccccc2)cc1.c1ccc2ccccc2c1. The van der Waals surface area contributed by atoms with E-state index in [9.17, 15) is 42.1 Å². The fourth-order valence-corrected chi connectivity index (χ4v) is 7.56. The number of aliphatic carboxylic acids is 5. The number of rotatable bonds is 11. The van der Waals surface area contributed by atoms with E-state index in [1.807, 2.05) is 12.1 Å². The highest BCUT2D eigenvalue weighted by atomic mass is 32.2. The molecule has 0 saturated heterocycles. The molecule has 0 unspecified atom stereocenters. The highest BCUT2D eigenvalue weighted by Crippen LogP contribution is 2.26. The average molecular weight is 1540 g/mol. The first kappa shape index (κ1) is 103. The summed E-state index contributed by atoms with van der Waals surface area (Å²) in [4.78, 5) is 45.0. The molecule has 0 aliphatic heterocycles. The molecule has 0 spiro atoms. The molecule has 1 aliphatic carbocycles. The third-order valence-corrected chi connectivity index (χ3v) is 15.0. The van der Waals surface area contributed by atoms with Crippen molar-refractivity contribution < 1.29 is 114 Å². The van der Waals surface area contributed by atoms with Crippen molar-refractivity contribution in [2.45, 2.75) is 113 Å². The molecular weight excluding hydrogens is 1440 g/mol. The highest BCUT2D eigenvalue weighted by Gasteiger charge is 2.13. The molecule has 103 heavy (non-hydrogen) atoms. The minimum absolute atomic E-state index is 0.201. The molecule has 1 saturated carbocycles. The summed E-state index contributed by atoms with van der Waals surface area (Å²) in [5.74, 6) is -4.32. The first-order chi connectivity index (χ1) is 47.8. The van der Waals surface area contributed by atoms with E-state index in [0.717, 1.165) is 47.0 Å². The summed E-state index contributed by atoms with van der Waals surface area (Å²) in [6.45, 7) is 10.9. The lowest BCUT2D eigenvalue weighted by Crippen LogP contribution is -2.08. The highest BCUT2D eigenvalue weighted by molar-refractivity contribution is 7.86.